The number of nitrogens with one attached hydrogen (secondary N) is 1. The van der Waals surface area contributed by atoms with E-state index in [2.05, 4.69) is 15.2 Å². The van der Waals surface area contributed by atoms with Crippen molar-refractivity contribution >= 4 is 45.1 Å². The maximum atomic E-state index is 13.6. The molecule has 14 heteroatoms. The molecule has 0 bridgehead atoms. The molecule has 2 saturated heterocycles. The third-order valence-corrected chi connectivity index (χ3v) is 8.18. The summed E-state index contributed by atoms with van der Waals surface area (Å²) in [7, 11) is -3.30. The number of nitrogens with zero attached hydrogens (tertiary/aromatic N) is 4. The first-order chi connectivity index (χ1) is 18.4. The lowest BCUT2D eigenvalue weighted by Crippen LogP contribution is -2.52. The van der Waals surface area contributed by atoms with Crippen LogP contribution in [0, 0.1) is 0 Å². The van der Waals surface area contributed by atoms with Crippen LogP contribution in [0.1, 0.15) is 27.1 Å². The van der Waals surface area contributed by atoms with Crippen LogP contribution in [0.2, 0.25) is 0 Å². The molecule has 0 aromatic heterocycles. The van der Waals surface area contributed by atoms with Gasteiger partial charge in [0.2, 0.25) is 15.9 Å². The largest absolute Gasteiger partial charge is 0.478 e. The van der Waals surface area contributed by atoms with Gasteiger partial charge in [0.1, 0.15) is 6.04 Å². The van der Waals surface area contributed by atoms with Crippen LogP contribution < -0.4 is 16.8 Å². The Morgan fingerprint density at radius 1 is 0.949 bits per heavy atom. The number of benzene rings is 2. The van der Waals surface area contributed by atoms with E-state index in [1.54, 1.807) is 24.3 Å². The third-order valence-electron chi connectivity index (χ3n) is 6.87. The summed E-state index contributed by atoms with van der Waals surface area (Å²) >= 11 is 0. The molecule has 6 N–H and O–H groups in total. The van der Waals surface area contributed by atoms with Crippen molar-refractivity contribution in [3.05, 3.63) is 59.7 Å². The minimum atomic E-state index is -3.30. The highest BCUT2D eigenvalue weighted by Gasteiger charge is 2.43. The number of sulfonamides is 1. The molecule has 0 spiro atoms. The molecule has 2 amide bonds. The average Bonchev–Trinajstić information content (AvgIpc) is 3.34. The molecular formula is C25H31N7O6S. The predicted molar refractivity (Wildman–Crippen MR) is 145 cm³/mol. The van der Waals surface area contributed by atoms with Crippen LogP contribution in [0.3, 0.4) is 0 Å². The number of likely N-dealkylation sites (tertiary alicyclic amines) is 1. The van der Waals surface area contributed by atoms with Gasteiger partial charge in [-0.2, -0.15) is 4.31 Å². The molecule has 13 nitrogen and oxygen atoms in total. The molecule has 39 heavy (non-hydrogen) atoms. The quantitative estimate of drug-likeness (QED) is 0.270. The maximum Gasteiger partial charge on any atom is 0.335 e. The highest BCUT2D eigenvalue weighted by Crippen LogP contribution is 2.27. The Morgan fingerprint density at radius 2 is 1.54 bits per heavy atom. The Balaban J connectivity index is 1.54. The number of carbonyl (C=O) groups is 3. The number of carbonyl (C=O) groups excluding carboxylic acids is 2. The van der Waals surface area contributed by atoms with Gasteiger partial charge in [-0.3, -0.25) is 14.5 Å². The van der Waals surface area contributed by atoms with Gasteiger partial charge in [-0.15, -0.1) is 0 Å². The first-order valence-corrected chi connectivity index (χ1v) is 14.1. The lowest BCUT2D eigenvalue weighted by Gasteiger charge is -2.36. The Morgan fingerprint density at radius 3 is 2.08 bits per heavy atom. The molecule has 2 aliphatic rings. The van der Waals surface area contributed by atoms with Crippen molar-refractivity contribution in [2.24, 2.45) is 16.5 Å². The molecule has 2 aromatic rings. The molecule has 4 rings (SSSR count). The number of piperazine rings is 1. The summed E-state index contributed by atoms with van der Waals surface area (Å²) in [5.41, 5.74) is 12.2. The standard InChI is InChI=1S/C25H31N7O6S/c1-39(37,38)31-12-10-30(11-13-31)20-14-21(22(33)28-18-8-4-17(5-9-18)24(35)36)32(15-20)23(34)16-2-6-19(7-3-16)29-25(26)27/h2-9,20-21H,10-15H2,1H3,(H,28,33)(H,35,36)(H4,26,27,29)/t20-,21-/m0/s1. The summed E-state index contributed by atoms with van der Waals surface area (Å²) in [6.45, 7) is 1.92. The number of aromatic carboxylic acids is 1. The van der Waals surface area contributed by atoms with Crippen LogP contribution in [0.5, 0.6) is 0 Å². The number of rotatable bonds is 7. The van der Waals surface area contributed by atoms with Crippen LogP contribution in [0.4, 0.5) is 11.4 Å². The van der Waals surface area contributed by atoms with E-state index in [-0.39, 0.29) is 30.0 Å². The normalized spacial score (nSPS) is 20.4. The van der Waals surface area contributed by atoms with Crippen molar-refractivity contribution in [1.29, 1.82) is 0 Å². The van der Waals surface area contributed by atoms with Crippen LogP contribution in [0.15, 0.2) is 53.5 Å². The molecule has 0 radical (unpaired) electrons. The molecule has 2 heterocycles. The fourth-order valence-corrected chi connectivity index (χ4v) is 5.69. The van der Waals surface area contributed by atoms with Crippen LogP contribution in [0.25, 0.3) is 0 Å². The van der Waals surface area contributed by atoms with E-state index in [9.17, 15) is 22.8 Å². The monoisotopic (exact) mass is 557 g/mol. The highest BCUT2D eigenvalue weighted by molar-refractivity contribution is 7.88. The second-order valence-electron chi connectivity index (χ2n) is 9.52. The van der Waals surface area contributed by atoms with Gasteiger partial charge in [0.15, 0.2) is 5.96 Å². The smallest absolute Gasteiger partial charge is 0.335 e. The van der Waals surface area contributed by atoms with Crippen molar-refractivity contribution < 1.29 is 27.9 Å². The molecule has 2 aliphatic heterocycles. The molecule has 0 saturated carbocycles. The third kappa shape index (κ3) is 6.71. The Labute approximate surface area is 226 Å². The summed E-state index contributed by atoms with van der Waals surface area (Å²) in [4.78, 5) is 45.7. The molecule has 2 fully saturated rings. The second kappa shape index (κ2) is 11.4. The summed E-state index contributed by atoms with van der Waals surface area (Å²) < 4.78 is 25.3. The predicted octanol–water partition coefficient (Wildman–Crippen LogP) is 0.0887. The molecule has 0 aliphatic carbocycles. The second-order valence-corrected chi connectivity index (χ2v) is 11.5. The van der Waals surface area contributed by atoms with Gasteiger partial charge in [-0.1, -0.05) is 0 Å². The van der Waals surface area contributed by atoms with Gasteiger partial charge in [0, 0.05) is 50.0 Å². The number of anilines is 1. The zero-order valence-corrected chi connectivity index (χ0v) is 22.2. The summed E-state index contributed by atoms with van der Waals surface area (Å²) in [5, 5.41) is 11.9. The number of carboxylic acid groups (broad SMARTS) is 1. The van der Waals surface area contributed by atoms with E-state index in [0.29, 0.717) is 49.5 Å². The summed E-state index contributed by atoms with van der Waals surface area (Å²) in [5.74, 6) is -1.93. The van der Waals surface area contributed by atoms with Crippen LogP contribution >= 0.6 is 0 Å². The summed E-state index contributed by atoms with van der Waals surface area (Å²) in [6, 6.07) is 11.2. The number of aliphatic imine (C=N–C) groups is 1. The Kier molecular flexibility index (Phi) is 8.18. The highest BCUT2D eigenvalue weighted by atomic mass is 32.2. The SMILES string of the molecule is CS(=O)(=O)N1CCN([C@H]2C[C@@H](C(=O)Nc3ccc(C(=O)O)cc3)N(C(=O)c3ccc(N=C(N)N)cc3)C2)CC1. The average molecular weight is 558 g/mol. The molecular weight excluding hydrogens is 526 g/mol. The van der Waals surface area contributed by atoms with Gasteiger partial charge in [-0.25, -0.2) is 18.2 Å². The number of nitrogens with two attached hydrogens (primary N) is 2. The first kappa shape index (κ1) is 28.0. The van der Waals surface area contributed by atoms with E-state index in [4.69, 9.17) is 16.6 Å². The van der Waals surface area contributed by atoms with Gasteiger partial charge in [0.25, 0.3) is 5.91 Å². The number of guanidine groups is 1. The number of hydrogen-bond acceptors (Lipinski definition) is 7. The Bertz CT molecular complexity index is 1370. The maximum absolute atomic E-state index is 13.6. The van der Waals surface area contributed by atoms with E-state index >= 15 is 0 Å². The van der Waals surface area contributed by atoms with E-state index in [1.165, 1.54) is 39.7 Å². The lowest BCUT2D eigenvalue weighted by molar-refractivity contribution is -0.119. The molecule has 2 atom stereocenters. The first-order valence-electron chi connectivity index (χ1n) is 12.3. The Hall–Kier alpha value is -4.01. The van der Waals surface area contributed by atoms with Gasteiger partial charge < -0.3 is 26.8 Å². The van der Waals surface area contributed by atoms with Crippen molar-refractivity contribution in [3.63, 3.8) is 0 Å². The van der Waals surface area contributed by atoms with Crippen molar-refractivity contribution in [2.45, 2.75) is 18.5 Å². The van der Waals surface area contributed by atoms with E-state index in [1.807, 2.05) is 0 Å². The zero-order chi connectivity index (χ0) is 28.3. The van der Waals surface area contributed by atoms with Gasteiger partial charge in [0.05, 0.1) is 17.5 Å². The minimum absolute atomic E-state index is 0.0862. The number of amides is 2. The zero-order valence-electron chi connectivity index (χ0n) is 21.4. The number of carboxylic acids is 1. The van der Waals surface area contributed by atoms with Crippen LogP contribution in [-0.2, 0) is 14.8 Å². The van der Waals surface area contributed by atoms with Crippen molar-refractivity contribution in [2.75, 3.05) is 44.3 Å². The number of hydrogen-bond donors (Lipinski definition) is 4. The lowest BCUT2D eigenvalue weighted by atomic mass is 10.1. The fourth-order valence-electron chi connectivity index (χ4n) is 4.87. The molecule has 0 unspecified atom stereocenters. The van der Waals surface area contributed by atoms with E-state index in [0.717, 1.165) is 0 Å². The summed E-state index contributed by atoms with van der Waals surface area (Å²) in [6.07, 6.45) is 1.54. The fraction of sp³-hybridized carbons (Fsp3) is 0.360. The minimum Gasteiger partial charge on any atom is -0.478 e. The van der Waals surface area contributed by atoms with Crippen LogP contribution in [-0.4, -0.2) is 102 Å². The topological polar surface area (TPSA) is 192 Å². The van der Waals surface area contributed by atoms with Gasteiger partial charge in [-0.05, 0) is 55.0 Å². The van der Waals surface area contributed by atoms with Crippen molar-refractivity contribution in [1.82, 2.24) is 14.1 Å². The molecule has 208 valence electrons. The molecule has 2 aromatic carbocycles. The van der Waals surface area contributed by atoms with Gasteiger partial charge >= 0.3 is 5.97 Å². The van der Waals surface area contributed by atoms with Crippen molar-refractivity contribution in [3.8, 4) is 0 Å². The van der Waals surface area contributed by atoms with E-state index < -0.39 is 27.9 Å².